The fourth-order valence-corrected chi connectivity index (χ4v) is 0.812. The van der Waals surface area contributed by atoms with Gasteiger partial charge in [-0.15, -0.1) is 0 Å². The van der Waals surface area contributed by atoms with Gasteiger partial charge in [-0.2, -0.15) is 0 Å². The van der Waals surface area contributed by atoms with Gasteiger partial charge in [0, 0.05) is 0 Å². The number of nitrogens with zero attached hydrogens (tertiary/aromatic N) is 4. The number of rotatable bonds is 1. The highest BCUT2D eigenvalue weighted by Gasteiger charge is 2.19. The first-order chi connectivity index (χ1) is 7.10. The van der Waals surface area contributed by atoms with Crippen LogP contribution in [0.5, 0.6) is 0 Å². The molecule has 0 aromatic carbocycles. The van der Waals surface area contributed by atoms with Crippen LogP contribution in [-0.4, -0.2) is 38.6 Å². The van der Waals surface area contributed by atoms with Crippen molar-refractivity contribution in [1.29, 1.82) is 0 Å². The number of aromatic nitrogens is 2. The predicted octanol–water partition coefficient (Wildman–Crippen LogP) is -0.400. The van der Waals surface area contributed by atoms with Crippen molar-refractivity contribution >= 4 is 17.6 Å². The fourth-order valence-electron chi connectivity index (χ4n) is 0.812. The van der Waals surface area contributed by atoms with Crippen molar-refractivity contribution in [1.82, 2.24) is 9.55 Å². The molecular formula is C6H6N4O5. The van der Waals surface area contributed by atoms with Gasteiger partial charge in [0.15, 0.2) is 0 Å². The minimum atomic E-state index is -0.940. The Morgan fingerprint density at radius 1 is 1.80 bits per heavy atom. The Balaban J connectivity index is 3.04. The van der Waals surface area contributed by atoms with Gasteiger partial charge in [0.05, 0.1) is 7.11 Å². The minimum Gasteiger partial charge on any atom is -0.463 e. The molecule has 0 amide bonds. The Kier molecular flexibility index (Phi) is 2.96. The second kappa shape index (κ2) is 4.17. The highest BCUT2D eigenvalue weighted by molar-refractivity contribution is 6.35. The zero-order valence-electron chi connectivity index (χ0n) is 7.52. The molecular weight excluding hydrogens is 208 g/mol. The summed E-state index contributed by atoms with van der Waals surface area (Å²) in [6.07, 6.45) is 1.88. The molecule has 9 heteroatoms. The van der Waals surface area contributed by atoms with E-state index in [-0.39, 0.29) is 0 Å². The van der Waals surface area contributed by atoms with E-state index in [0.29, 0.717) is 0 Å². The lowest BCUT2D eigenvalue weighted by molar-refractivity contribution is -0.389. The van der Waals surface area contributed by atoms with E-state index >= 15 is 0 Å². The fraction of sp³-hybridized carbons (Fsp3) is 0.167. The van der Waals surface area contributed by atoms with Crippen LogP contribution in [0.4, 0.5) is 5.82 Å². The van der Waals surface area contributed by atoms with E-state index < -0.39 is 22.5 Å². The highest BCUT2D eigenvalue weighted by Crippen LogP contribution is 2.05. The van der Waals surface area contributed by atoms with Gasteiger partial charge in [-0.3, -0.25) is 4.57 Å². The summed E-state index contributed by atoms with van der Waals surface area (Å²) in [7, 11) is 1.08. The van der Waals surface area contributed by atoms with Crippen LogP contribution >= 0.6 is 0 Å². The van der Waals surface area contributed by atoms with Gasteiger partial charge in [0.25, 0.3) is 5.84 Å². The Morgan fingerprint density at radius 2 is 2.47 bits per heavy atom. The maximum atomic E-state index is 11.0. The standard InChI is InChI=1S/C6H6N4O5/c1-15-6(11)5(8-12)9-2-4(7-3-9)10(13)14/h2-3,12H,1H3/b8-5-. The first-order valence-electron chi connectivity index (χ1n) is 3.59. The molecule has 1 rings (SSSR count). The van der Waals surface area contributed by atoms with Crippen LogP contribution < -0.4 is 0 Å². The van der Waals surface area contributed by atoms with Gasteiger partial charge in [-0.05, 0) is 9.91 Å². The lowest BCUT2D eigenvalue weighted by Gasteiger charge is -1.99. The first kappa shape index (κ1) is 10.6. The van der Waals surface area contributed by atoms with E-state index in [1.54, 1.807) is 0 Å². The van der Waals surface area contributed by atoms with Crippen molar-refractivity contribution in [3.05, 3.63) is 22.6 Å². The van der Waals surface area contributed by atoms with Crippen LogP contribution in [0.15, 0.2) is 17.7 Å². The van der Waals surface area contributed by atoms with Gasteiger partial charge >= 0.3 is 11.8 Å². The summed E-state index contributed by atoms with van der Waals surface area (Å²) in [6, 6.07) is 0. The summed E-state index contributed by atoms with van der Waals surface area (Å²) < 4.78 is 5.16. The number of hydrogen-bond acceptors (Lipinski definition) is 7. The number of esters is 1. The van der Waals surface area contributed by atoms with Crippen LogP contribution in [0.1, 0.15) is 0 Å². The van der Waals surface area contributed by atoms with Crippen LogP contribution in [0.25, 0.3) is 0 Å². The van der Waals surface area contributed by atoms with Gasteiger partial charge in [0.1, 0.15) is 6.20 Å². The monoisotopic (exact) mass is 214 g/mol. The molecule has 0 aliphatic heterocycles. The van der Waals surface area contributed by atoms with E-state index in [2.05, 4.69) is 14.9 Å². The first-order valence-corrected chi connectivity index (χ1v) is 3.59. The third-order valence-electron chi connectivity index (χ3n) is 1.46. The number of carbonyl (C=O) groups excluding carboxylic acids is 1. The molecule has 0 fully saturated rings. The molecule has 0 saturated carbocycles. The Morgan fingerprint density at radius 3 is 2.87 bits per heavy atom. The van der Waals surface area contributed by atoms with Crippen molar-refractivity contribution in [3.8, 4) is 0 Å². The van der Waals surface area contributed by atoms with E-state index in [9.17, 15) is 14.9 Å². The highest BCUT2D eigenvalue weighted by atomic mass is 16.6. The molecule has 0 bridgehead atoms. The summed E-state index contributed by atoms with van der Waals surface area (Å²) in [5, 5.41) is 21.4. The molecule has 0 saturated heterocycles. The van der Waals surface area contributed by atoms with Crippen LogP contribution in [0.3, 0.4) is 0 Å². The van der Waals surface area contributed by atoms with Gasteiger partial charge < -0.3 is 20.1 Å². The third kappa shape index (κ3) is 2.07. The molecule has 0 unspecified atom stereocenters. The van der Waals surface area contributed by atoms with Gasteiger partial charge in [-0.25, -0.2) is 4.79 Å². The van der Waals surface area contributed by atoms with Crippen LogP contribution in [-0.2, 0) is 9.53 Å². The summed E-state index contributed by atoms with van der Waals surface area (Å²) >= 11 is 0. The minimum absolute atomic E-state index is 0.472. The molecule has 0 aliphatic carbocycles. The number of oxime groups is 1. The van der Waals surface area contributed by atoms with Crippen molar-refractivity contribution in [3.63, 3.8) is 0 Å². The quantitative estimate of drug-likeness (QED) is 0.169. The number of imidazole rings is 1. The Hall–Kier alpha value is -2.45. The second-order valence-electron chi connectivity index (χ2n) is 2.31. The summed E-state index contributed by atoms with van der Waals surface area (Å²) in [5.74, 6) is -1.93. The van der Waals surface area contributed by atoms with E-state index in [4.69, 9.17) is 5.21 Å². The molecule has 15 heavy (non-hydrogen) atoms. The topological polar surface area (TPSA) is 120 Å². The molecule has 0 atom stereocenters. The molecule has 0 radical (unpaired) electrons. The molecule has 9 nitrogen and oxygen atoms in total. The van der Waals surface area contributed by atoms with Crippen molar-refractivity contribution in [2.24, 2.45) is 5.16 Å². The lowest BCUT2D eigenvalue weighted by atomic mass is 10.6. The number of nitro groups is 1. The number of carbonyl (C=O) groups is 1. The molecule has 1 heterocycles. The number of ether oxygens (including phenoxy) is 1. The number of methoxy groups -OCH3 is 1. The Labute approximate surface area is 82.7 Å². The summed E-state index contributed by atoms with van der Waals surface area (Å²) in [4.78, 5) is 23.9. The van der Waals surface area contributed by atoms with Crippen molar-refractivity contribution in [2.75, 3.05) is 7.11 Å². The Bertz CT molecular complexity index is 423. The molecule has 1 aromatic rings. The van der Waals surface area contributed by atoms with Crippen LogP contribution in [0.2, 0.25) is 0 Å². The molecule has 1 N–H and O–H groups in total. The zero-order chi connectivity index (χ0) is 11.4. The molecule has 80 valence electrons. The SMILES string of the molecule is COC(=O)/C(=N/O)n1cnc([N+](=O)[O-])c1. The third-order valence-corrected chi connectivity index (χ3v) is 1.46. The van der Waals surface area contributed by atoms with Crippen LogP contribution in [0, 0.1) is 10.1 Å². The van der Waals surface area contributed by atoms with Crippen molar-refractivity contribution < 1.29 is 19.7 Å². The maximum absolute atomic E-state index is 11.0. The second-order valence-corrected chi connectivity index (χ2v) is 2.31. The molecule has 0 aliphatic rings. The average Bonchev–Trinajstić information content (AvgIpc) is 2.68. The van der Waals surface area contributed by atoms with Gasteiger partial charge in [-0.1, -0.05) is 5.16 Å². The van der Waals surface area contributed by atoms with E-state index in [1.807, 2.05) is 0 Å². The van der Waals surface area contributed by atoms with E-state index in [1.165, 1.54) is 0 Å². The molecule has 0 spiro atoms. The summed E-state index contributed by atoms with van der Waals surface area (Å²) in [5.41, 5.74) is 0. The average molecular weight is 214 g/mol. The summed E-state index contributed by atoms with van der Waals surface area (Å²) in [6.45, 7) is 0. The van der Waals surface area contributed by atoms with Crippen molar-refractivity contribution in [2.45, 2.75) is 0 Å². The lowest BCUT2D eigenvalue weighted by Crippen LogP contribution is -2.23. The molecule has 1 aromatic heterocycles. The maximum Gasteiger partial charge on any atom is 0.381 e. The predicted molar refractivity (Wildman–Crippen MR) is 45.5 cm³/mol. The number of hydrogen-bond donors (Lipinski definition) is 1. The van der Waals surface area contributed by atoms with Gasteiger partial charge in [0.2, 0.25) is 6.33 Å². The zero-order valence-corrected chi connectivity index (χ0v) is 7.52. The van der Waals surface area contributed by atoms with E-state index in [0.717, 1.165) is 24.2 Å². The smallest absolute Gasteiger partial charge is 0.381 e. The normalized spacial score (nSPS) is 11.1. The largest absolute Gasteiger partial charge is 0.463 e.